The van der Waals surface area contributed by atoms with Crippen molar-refractivity contribution < 1.29 is 14.3 Å². The van der Waals surface area contributed by atoms with E-state index in [-0.39, 0.29) is 5.91 Å². The highest BCUT2D eigenvalue weighted by Gasteiger charge is 2.13. The molecule has 0 aliphatic rings. The zero-order valence-corrected chi connectivity index (χ0v) is 12.5. The molecule has 106 valence electrons. The van der Waals surface area contributed by atoms with Gasteiger partial charge in [-0.25, -0.2) is 0 Å². The minimum atomic E-state index is -0.144. The van der Waals surface area contributed by atoms with Crippen molar-refractivity contribution in [3.63, 3.8) is 0 Å². The molecule has 0 atom stereocenters. The summed E-state index contributed by atoms with van der Waals surface area (Å²) in [6.45, 7) is 2.42. The molecule has 1 N–H and O–H groups in total. The fourth-order valence-electron chi connectivity index (χ4n) is 1.90. The second kappa shape index (κ2) is 6.43. The maximum atomic E-state index is 12.2. The summed E-state index contributed by atoms with van der Waals surface area (Å²) in [5, 5.41) is 4.87. The molecule has 20 heavy (non-hydrogen) atoms. The Kier molecular flexibility index (Phi) is 4.63. The molecule has 0 fully saturated rings. The van der Waals surface area contributed by atoms with Crippen molar-refractivity contribution in [2.45, 2.75) is 13.5 Å². The summed E-state index contributed by atoms with van der Waals surface area (Å²) in [5.74, 6) is 1.14. The molecule has 0 aliphatic heterocycles. The van der Waals surface area contributed by atoms with Crippen molar-refractivity contribution in [1.29, 1.82) is 0 Å². The molecule has 1 amide bonds. The van der Waals surface area contributed by atoms with Crippen LogP contribution in [0.2, 0.25) is 0 Å². The van der Waals surface area contributed by atoms with Crippen LogP contribution in [0, 0.1) is 6.92 Å². The predicted molar refractivity (Wildman–Crippen MR) is 79.8 cm³/mol. The van der Waals surface area contributed by atoms with Crippen LogP contribution in [-0.4, -0.2) is 20.1 Å². The normalized spacial score (nSPS) is 10.2. The Labute approximate surface area is 122 Å². The van der Waals surface area contributed by atoms with Gasteiger partial charge in [0, 0.05) is 16.0 Å². The molecule has 2 aromatic rings. The van der Waals surface area contributed by atoms with Crippen molar-refractivity contribution in [3.8, 4) is 11.5 Å². The number of carbonyl (C=O) groups is 1. The van der Waals surface area contributed by atoms with Crippen LogP contribution in [0.15, 0.2) is 29.6 Å². The van der Waals surface area contributed by atoms with Gasteiger partial charge in [0.05, 0.1) is 20.8 Å². The van der Waals surface area contributed by atoms with Crippen LogP contribution in [-0.2, 0) is 6.54 Å². The zero-order chi connectivity index (χ0) is 14.5. The number of carbonyl (C=O) groups excluding carboxylic acids is 1. The first-order valence-corrected chi connectivity index (χ1v) is 7.07. The van der Waals surface area contributed by atoms with E-state index in [2.05, 4.69) is 5.32 Å². The Morgan fingerprint density at radius 3 is 2.40 bits per heavy atom. The molecule has 0 saturated carbocycles. The lowest BCUT2D eigenvalue weighted by molar-refractivity contribution is 0.0950. The lowest BCUT2D eigenvalue weighted by Crippen LogP contribution is -2.22. The molecule has 0 saturated heterocycles. The van der Waals surface area contributed by atoms with Gasteiger partial charge in [0.25, 0.3) is 5.91 Å². The van der Waals surface area contributed by atoms with Gasteiger partial charge in [-0.05, 0) is 30.5 Å². The highest BCUT2D eigenvalue weighted by atomic mass is 32.1. The Balaban J connectivity index is 2.16. The average molecular weight is 291 g/mol. The number of rotatable bonds is 5. The number of hydrogen-bond donors (Lipinski definition) is 1. The van der Waals surface area contributed by atoms with Crippen LogP contribution in [0.3, 0.4) is 0 Å². The standard InChI is InChI=1S/C15H17NO3S/c1-10-13(18-2)7-11(8-14(10)19-3)15(17)16-9-12-5-4-6-20-12/h4-8H,9H2,1-3H3,(H,16,17). The number of methoxy groups -OCH3 is 2. The summed E-state index contributed by atoms with van der Waals surface area (Å²) >= 11 is 1.61. The molecular formula is C15H17NO3S. The van der Waals surface area contributed by atoms with Gasteiger partial charge < -0.3 is 14.8 Å². The third-order valence-corrected chi connectivity index (χ3v) is 3.89. The van der Waals surface area contributed by atoms with Gasteiger partial charge in [0.2, 0.25) is 0 Å². The zero-order valence-electron chi connectivity index (χ0n) is 11.7. The molecule has 0 aliphatic carbocycles. The molecule has 5 heteroatoms. The van der Waals surface area contributed by atoms with Crippen molar-refractivity contribution in [2.24, 2.45) is 0 Å². The Morgan fingerprint density at radius 2 is 1.90 bits per heavy atom. The first kappa shape index (κ1) is 14.4. The maximum absolute atomic E-state index is 12.2. The van der Waals surface area contributed by atoms with Crippen LogP contribution in [0.4, 0.5) is 0 Å². The molecule has 1 aromatic carbocycles. The van der Waals surface area contributed by atoms with E-state index in [1.807, 2.05) is 24.4 Å². The van der Waals surface area contributed by atoms with Gasteiger partial charge in [-0.15, -0.1) is 11.3 Å². The molecule has 1 heterocycles. The first-order chi connectivity index (χ1) is 9.65. The predicted octanol–water partition coefficient (Wildman–Crippen LogP) is 3.00. The lowest BCUT2D eigenvalue weighted by Gasteiger charge is -2.12. The van der Waals surface area contributed by atoms with Crippen LogP contribution in [0.5, 0.6) is 11.5 Å². The fourth-order valence-corrected chi connectivity index (χ4v) is 2.54. The van der Waals surface area contributed by atoms with Crippen molar-refractivity contribution in [2.75, 3.05) is 14.2 Å². The van der Waals surface area contributed by atoms with Gasteiger partial charge >= 0.3 is 0 Å². The highest BCUT2D eigenvalue weighted by Crippen LogP contribution is 2.29. The van der Waals surface area contributed by atoms with Crippen LogP contribution in [0.25, 0.3) is 0 Å². The molecule has 1 aromatic heterocycles. The van der Waals surface area contributed by atoms with E-state index in [0.29, 0.717) is 23.6 Å². The Morgan fingerprint density at radius 1 is 1.25 bits per heavy atom. The second-order valence-corrected chi connectivity index (χ2v) is 5.30. The summed E-state index contributed by atoms with van der Waals surface area (Å²) in [6.07, 6.45) is 0. The second-order valence-electron chi connectivity index (χ2n) is 4.27. The van der Waals surface area contributed by atoms with E-state index in [1.54, 1.807) is 37.7 Å². The molecule has 0 bridgehead atoms. The van der Waals surface area contributed by atoms with Crippen molar-refractivity contribution in [3.05, 3.63) is 45.6 Å². The first-order valence-electron chi connectivity index (χ1n) is 6.19. The lowest BCUT2D eigenvalue weighted by atomic mass is 10.1. The number of hydrogen-bond acceptors (Lipinski definition) is 4. The molecule has 2 rings (SSSR count). The summed E-state index contributed by atoms with van der Waals surface area (Å²) in [4.78, 5) is 13.3. The summed E-state index contributed by atoms with van der Waals surface area (Å²) < 4.78 is 10.5. The highest BCUT2D eigenvalue weighted by molar-refractivity contribution is 7.09. The third-order valence-electron chi connectivity index (χ3n) is 3.02. The molecular weight excluding hydrogens is 274 g/mol. The van der Waals surface area contributed by atoms with Crippen LogP contribution >= 0.6 is 11.3 Å². The molecule has 0 spiro atoms. The van der Waals surface area contributed by atoms with Gasteiger partial charge in [-0.3, -0.25) is 4.79 Å². The minimum absolute atomic E-state index is 0.144. The van der Waals surface area contributed by atoms with E-state index in [9.17, 15) is 4.79 Å². The van der Waals surface area contributed by atoms with Gasteiger partial charge in [-0.2, -0.15) is 0 Å². The third kappa shape index (κ3) is 3.11. The molecule has 0 radical (unpaired) electrons. The van der Waals surface area contributed by atoms with E-state index in [4.69, 9.17) is 9.47 Å². The summed E-state index contributed by atoms with van der Waals surface area (Å²) in [6, 6.07) is 7.40. The van der Waals surface area contributed by atoms with Crippen molar-refractivity contribution in [1.82, 2.24) is 5.32 Å². The van der Waals surface area contributed by atoms with E-state index >= 15 is 0 Å². The fraction of sp³-hybridized carbons (Fsp3) is 0.267. The largest absolute Gasteiger partial charge is 0.496 e. The summed E-state index contributed by atoms with van der Waals surface area (Å²) in [7, 11) is 3.16. The van der Waals surface area contributed by atoms with Gasteiger partial charge in [0.15, 0.2) is 0 Å². The van der Waals surface area contributed by atoms with Crippen LogP contribution in [0.1, 0.15) is 20.8 Å². The number of thiophene rings is 1. The Bertz CT molecular complexity index is 568. The summed E-state index contributed by atoms with van der Waals surface area (Å²) in [5.41, 5.74) is 1.41. The number of ether oxygens (including phenoxy) is 2. The van der Waals surface area contributed by atoms with Crippen molar-refractivity contribution >= 4 is 17.2 Å². The Hall–Kier alpha value is -2.01. The molecule has 0 unspecified atom stereocenters. The van der Waals surface area contributed by atoms with Crippen LogP contribution < -0.4 is 14.8 Å². The van der Waals surface area contributed by atoms with Gasteiger partial charge in [0.1, 0.15) is 11.5 Å². The van der Waals surface area contributed by atoms with Gasteiger partial charge in [-0.1, -0.05) is 6.07 Å². The van der Waals surface area contributed by atoms with E-state index in [1.165, 1.54) is 0 Å². The van der Waals surface area contributed by atoms with E-state index < -0.39 is 0 Å². The monoisotopic (exact) mass is 291 g/mol. The van der Waals surface area contributed by atoms with E-state index in [0.717, 1.165) is 10.4 Å². The topological polar surface area (TPSA) is 47.6 Å². The molecule has 4 nitrogen and oxygen atoms in total. The smallest absolute Gasteiger partial charge is 0.251 e. The number of nitrogens with one attached hydrogen (secondary N) is 1. The SMILES string of the molecule is COc1cc(C(=O)NCc2cccs2)cc(OC)c1C. The minimum Gasteiger partial charge on any atom is -0.496 e. The quantitative estimate of drug-likeness (QED) is 0.921. The number of benzene rings is 1. The average Bonchev–Trinajstić information content (AvgIpc) is 2.98. The maximum Gasteiger partial charge on any atom is 0.251 e. The number of amides is 1.